The first-order valence-corrected chi connectivity index (χ1v) is 12.5. The Labute approximate surface area is 190 Å². The van der Waals surface area contributed by atoms with Gasteiger partial charge in [-0.25, -0.2) is 8.42 Å². The first-order valence-electron chi connectivity index (χ1n) is 11.0. The van der Waals surface area contributed by atoms with Crippen LogP contribution < -0.4 is 10.2 Å². The largest absolute Gasteiger partial charge is 0.354 e. The second kappa shape index (κ2) is 10.3. The number of sulfonamides is 1. The molecule has 0 bridgehead atoms. The maximum Gasteiger partial charge on any atom is 0.243 e. The van der Waals surface area contributed by atoms with E-state index in [0.29, 0.717) is 37.3 Å². The van der Waals surface area contributed by atoms with Crippen molar-refractivity contribution in [1.82, 2.24) is 9.62 Å². The van der Waals surface area contributed by atoms with Gasteiger partial charge in [0, 0.05) is 38.7 Å². The summed E-state index contributed by atoms with van der Waals surface area (Å²) < 4.78 is 27.2. The van der Waals surface area contributed by atoms with E-state index in [1.165, 1.54) is 27.8 Å². The Morgan fingerprint density at radius 2 is 1.78 bits per heavy atom. The summed E-state index contributed by atoms with van der Waals surface area (Å²) in [6.07, 6.45) is 1.94. The van der Waals surface area contributed by atoms with Gasteiger partial charge in [0.25, 0.3) is 0 Å². The number of rotatable bonds is 9. The van der Waals surface area contributed by atoms with E-state index in [0.717, 1.165) is 12.8 Å². The SMILES string of the molecule is CCN(CC)S(=O)(=O)c1ccc2c(c1)C[C@@H](C(=O)NCCCc1ccccc1)N2C(C)=O. The molecule has 172 valence electrons. The van der Waals surface area contributed by atoms with Gasteiger partial charge >= 0.3 is 0 Å². The van der Waals surface area contributed by atoms with Crippen molar-refractivity contribution in [3.63, 3.8) is 0 Å². The van der Waals surface area contributed by atoms with Crippen LogP contribution in [0.25, 0.3) is 0 Å². The van der Waals surface area contributed by atoms with Gasteiger partial charge in [-0.05, 0) is 42.2 Å². The van der Waals surface area contributed by atoms with Crippen molar-refractivity contribution in [3.8, 4) is 0 Å². The molecule has 0 aliphatic carbocycles. The van der Waals surface area contributed by atoms with Crippen molar-refractivity contribution in [1.29, 1.82) is 0 Å². The number of aryl methyl sites for hydroxylation is 1. The topological polar surface area (TPSA) is 86.8 Å². The standard InChI is InChI=1S/C24H31N3O4S/c1-4-26(5-2)32(30,31)21-13-14-22-20(16-21)17-23(27(22)18(3)28)24(29)25-15-9-12-19-10-7-6-8-11-19/h6-8,10-11,13-14,16,23H,4-5,9,12,15,17H2,1-3H3,(H,25,29)/t23-/m0/s1. The maximum atomic E-state index is 12.9. The first-order chi connectivity index (χ1) is 15.3. The van der Waals surface area contributed by atoms with Gasteiger partial charge in [-0.2, -0.15) is 4.31 Å². The fraction of sp³-hybridized carbons (Fsp3) is 0.417. The number of nitrogens with zero attached hydrogens (tertiary/aromatic N) is 2. The Hall–Kier alpha value is -2.71. The molecular weight excluding hydrogens is 426 g/mol. The zero-order chi connectivity index (χ0) is 23.3. The summed E-state index contributed by atoms with van der Waals surface area (Å²) in [5.41, 5.74) is 2.50. The predicted molar refractivity (Wildman–Crippen MR) is 125 cm³/mol. The van der Waals surface area contributed by atoms with Crippen LogP contribution in [0.3, 0.4) is 0 Å². The Kier molecular flexibility index (Phi) is 7.69. The van der Waals surface area contributed by atoms with E-state index in [2.05, 4.69) is 17.4 Å². The number of nitrogens with one attached hydrogen (secondary N) is 1. The van der Waals surface area contributed by atoms with Gasteiger partial charge in [0.1, 0.15) is 6.04 Å². The zero-order valence-corrected chi connectivity index (χ0v) is 19.7. The van der Waals surface area contributed by atoms with Crippen molar-refractivity contribution >= 4 is 27.5 Å². The van der Waals surface area contributed by atoms with Crippen molar-refractivity contribution in [2.24, 2.45) is 0 Å². The summed E-state index contributed by atoms with van der Waals surface area (Å²) in [5.74, 6) is -0.467. The summed E-state index contributed by atoms with van der Waals surface area (Å²) in [6.45, 7) is 6.28. The normalized spacial score (nSPS) is 15.6. The van der Waals surface area contributed by atoms with E-state index in [1.54, 1.807) is 26.0 Å². The minimum atomic E-state index is -3.61. The van der Waals surface area contributed by atoms with Crippen LogP contribution in [-0.4, -0.2) is 50.2 Å². The van der Waals surface area contributed by atoms with Crippen LogP contribution in [-0.2, 0) is 32.5 Å². The van der Waals surface area contributed by atoms with Gasteiger partial charge in [0.05, 0.1) is 4.90 Å². The van der Waals surface area contributed by atoms with Gasteiger partial charge in [-0.1, -0.05) is 44.2 Å². The second-order valence-electron chi connectivity index (χ2n) is 7.87. The lowest BCUT2D eigenvalue weighted by Crippen LogP contribution is -2.47. The summed E-state index contributed by atoms with van der Waals surface area (Å²) in [7, 11) is -3.61. The molecule has 8 heteroatoms. The molecule has 1 heterocycles. The van der Waals surface area contributed by atoms with Crippen molar-refractivity contribution < 1.29 is 18.0 Å². The molecule has 0 spiro atoms. The molecule has 0 unspecified atom stereocenters. The Bertz CT molecular complexity index is 1070. The molecule has 1 aliphatic rings. The van der Waals surface area contributed by atoms with Crippen LogP contribution in [0.5, 0.6) is 0 Å². The number of fused-ring (bicyclic) bond motifs is 1. The lowest BCUT2D eigenvalue weighted by Gasteiger charge is -2.23. The van der Waals surface area contributed by atoms with E-state index in [1.807, 2.05) is 18.2 Å². The molecule has 0 aromatic heterocycles. The van der Waals surface area contributed by atoms with Crippen LogP contribution in [0.4, 0.5) is 5.69 Å². The molecule has 0 fully saturated rings. The summed E-state index contributed by atoms with van der Waals surface area (Å²) in [5, 5.41) is 2.94. The Morgan fingerprint density at radius 1 is 1.09 bits per heavy atom. The number of amides is 2. The molecule has 2 aromatic rings. The highest BCUT2D eigenvalue weighted by atomic mass is 32.2. The van der Waals surface area contributed by atoms with E-state index in [9.17, 15) is 18.0 Å². The fourth-order valence-corrected chi connectivity index (χ4v) is 5.68. The highest BCUT2D eigenvalue weighted by Crippen LogP contribution is 2.34. The van der Waals surface area contributed by atoms with Gasteiger partial charge in [-0.15, -0.1) is 0 Å². The van der Waals surface area contributed by atoms with Gasteiger partial charge in [-0.3, -0.25) is 14.5 Å². The molecule has 2 amide bonds. The molecule has 32 heavy (non-hydrogen) atoms. The average Bonchev–Trinajstić information content (AvgIpc) is 3.17. The molecule has 1 N–H and O–H groups in total. The summed E-state index contributed by atoms with van der Waals surface area (Å²) in [4.78, 5) is 26.9. The van der Waals surface area contributed by atoms with Gasteiger partial charge in [0.2, 0.25) is 21.8 Å². The first kappa shape index (κ1) is 23.9. The van der Waals surface area contributed by atoms with Crippen LogP contribution in [0.2, 0.25) is 0 Å². The van der Waals surface area contributed by atoms with Gasteiger partial charge in [0.15, 0.2) is 0 Å². The maximum absolute atomic E-state index is 12.9. The number of benzene rings is 2. The fourth-order valence-electron chi connectivity index (χ4n) is 4.17. The van der Waals surface area contributed by atoms with Crippen molar-refractivity contribution in [3.05, 3.63) is 59.7 Å². The van der Waals surface area contributed by atoms with Crippen LogP contribution in [0.1, 0.15) is 38.3 Å². The Balaban J connectivity index is 1.72. The molecule has 2 aromatic carbocycles. The summed E-state index contributed by atoms with van der Waals surface area (Å²) >= 11 is 0. The second-order valence-corrected chi connectivity index (χ2v) is 9.81. The van der Waals surface area contributed by atoms with Crippen molar-refractivity contribution in [2.75, 3.05) is 24.5 Å². The average molecular weight is 458 g/mol. The molecule has 0 saturated heterocycles. The molecule has 1 aliphatic heterocycles. The molecule has 3 rings (SSSR count). The smallest absolute Gasteiger partial charge is 0.243 e. The third kappa shape index (κ3) is 5.02. The number of carbonyl (C=O) groups is 2. The number of hydrogen-bond donors (Lipinski definition) is 1. The minimum Gasteiger partial charge on any atom is -0.354 e. The lowest BCUT2D eigenvalue weighted by atomic mass is 10.1. The molecule has 1 atom stereocenters. The highest BCUT2D eigenvalue weighted by Gasteiger charge is 2.37. The van der Waals surface area contributed by atoms with E-state index >= 15 is 0 Å². The number of hydrogen-bond acceptors (Lipinski definition) is 4. The predicted octanol–water partition coefficient (Wildman–Crippen LogP) is 2.74. The quantitative estimate of drug-likeness (QED) is 0.587. The van der Waals surface area contributed by atoms with E-state index < -0.39 is 16.1 Å². The Morgan fingerprint density at radius 3 is 2.41 bits per heavy atom. The molecule has 0 saturated carbocycles. The van der Waals surface area contributed by atoms with Crippen LogP contribution in [0.15, 0.2) is 53.4 Å². The summed E-state index contributed by atoms with van der Waals surface area (Å²) in [6, 6.07) is 14.1. The minimum absolute atomic E-state index is 0.187. The van der Waals surface area contributed by atoms with Crippen LogP contribution >= 0.6 is 0 Å². The van der Waals surface area contributed by atoms with E-state index in [4.69, 9.17) is 0 Å². The lowest BCUT2D eigenvalue weighted by molar-refractivity contribution is -0.125. The number of anilines is 1. The zero-order valence-electron chi connectivity index (χ0n) is 18.9. The number of carbonyl (C=O) groups excluding carboxylic acids is 2. The molecule has 7 nitrogen and oxygen atoms in total. The van der Waals surface area contributed by atoms with Crippen LogP contribution in [0, 0.1) is 0 Å². The van der Waals surface area contributed by atoms with E-state index in [-0.39, 0.29) is 16.7 Å². The third-order valence-electron chi connectivity index (χ3n) is 5.80. The molecule has 0 radical (unpaired) electrons. The third-order valence-corrected chi connectivity index (χ3v) is 7.85. The molecular formula is C24H31N3O4S. The highest BCUT2D eigenvalue weighted by molar-refractivity contribution is 7.89. The monoisotopic (exact) mass is 457 g/mol. The van der Waals surface area contributed by atoms with Gasteiger partial charge < -0.3 is 5.32 Å². The van der Waals surface area contributed by atoms with Crippen molar-refractivity contribution in [2.45, 2.75) is 51.0 Å².